The lowest BCUT2D eigenvalue weighted by atomic mass is 9.99. The average Bonchev–Trinajstić information content (AvgIpc) is 3.95. The predicted molar refractivity (Wildman–Crippen MR) is 230 cm³/mol. The molecule has 57 heavy (non-hydrogen) atoms. The molecule has 12 rings (SSSR count). The van der Waals surface area contributed by atoms with Gasteiger partial charge in [0.1, 0.15) is 22.3 Å². The van der Waals surface area contributed by atoms with Crippen LogP contribution < -0.4 is 0 Å². The lowest BCUT2D eigenvalue weighted by Gasteiger charge is -2.10. The lowest BCUT2D eigenvalue weighted by Crippen LogP contribution is -2.00. The zero-order chi connectivity index (χ0) is 37.5. The summed E-state index contributed by atoms with van der Waals surface area (Å²) in [5.74, 6) is 1.79. The molecule has 0 bridgehead atoms. The van der Waals surface area contributed by atoms with Gasteiger partial charge in [-0.2, -0.15) is 0 Å². The molecule has 0 aliphatic carbocycles. The maximum Gasteiger partial charge on any atom is 0.164 e. The van der Waals surface area contributed by atoms with Crippen LogP contribution in [0, 0.1) is 0 Å². The SMILES string of the molecule is c1ccc(-c2nc(-c3ccc4c(c3)oc3ccccc34)nc(-c3ccc4c(c3)c3ccccc3n4-c3ccc4c(c3)oc3cccc(-c5ccccc5)c34)n2)cc1. The van der Waals surface area contributed by atoms with Crippen molar-refractivity contribution < 1.29 is 8.83 Å². The Kier molecular flexibility index (Phi) is 6.83. The van der Waals surface area contributed by atoms with Crippen molar-refractivity contribution >= 4 is 65.7 Å². The van der Waals surface area contributed by atoms with Gasteiger partial charge in [-0.05, 0) is 71.8 Å². The van der Waals surface area contributed by atoms with Gasteiger partial charge in [-0.3, -0.25) is 0 Å². The maximum atomic E-state index is 6.55. The highest BCUT2D eigenvalue weighted by atomic mass is 16.3. The van der Waals surface area contributed by atoms with E-state index in [4.69, 9.17) is 23.8 Å². The Morgan fingerprint density at radius 1 is 0.333 bits per heavy atom. The summed E-state index contributed by atoms with van der Waals surface area (Å²) in [6.07, 6.45) is 0. The van der Waals surface area contributed by atoms with E-state index in [9.17, 15) is 0 Å². The van der Waals surface area contributed by atoms with Crippen LogP contribution in [0.2, 0.25) is 0 Å². The van der Waals surface area contributed by atoms with E-state index in [1.807, 2.05) is 60.7 Å². The van der Waals surface area contributed by atoms with Crippen molar-refractivity contribution in [3.8, 4) is 51.0 Å². The first-order valence-corrected chi connectivity index (χ1v) is 19.0. The summed E-state index contributed by atoms with van der Waals surface area (Å²) in [4.78, 5) is 15.2. The first kappa shape index (κ1) is 31.5. The molecule has 0 saturated heterocycles. The topological polar surface area (TPSA) is 69.9 Å². The number of rotatable bonds is 5. The summed E-state index contributed by atoms with van der Waals surface area (Å²) in [5, 5.41) is 6.61. The van der Waals surface area contributed by atoms with E-state index in [1.54, 1.807) is 0 Å². The van der Waals surface area contributed by atoms with Gasteiger partial charge in [-0.15, -0.1) is 0 Å². The van der Waals surface area contributed by atoms with Crippen LogP contribution in [0.1, 0.15) is 0 Å². The van der Waals surface area contributed by atoms with E-state index in [-0.39, 0.29) is 0 Å². The summed E-state index contributed by atoms with van der Waals surface area (Å²) < 4.78 is 15.1. The van der Waals surface area contributed by atoms with Gasteiger partial charge in [0.15, 0.2) is 17.5 Å². The fourth-order valence-electron chi connectivity index (χ4n) is 8.42. The Labute approximate surface area is 325 Å². The van der Waals surface area contributed by atoms with E-state index < -0.39 is 0 Å². The number of aromatic nitrogens is 4. The van der Waals surface area contributed by atoms with Gasteiger partial charge in [0, 0.05) is 60.8 Å². The van der Waals surface area contributed by atoms with Crippen LogP contribution in [0.4, 0.5) is 0 Å². The quantitative estimate of drug-likeness (QED) is 0.176. The maximum absolute atomic E-state index is 6.55. The molecule has 6 nitrogen and oxygen atoms in total. The lowest BCUT2D eigenvalue weighted by molar-refractivity contribution is 0.668. The molecule has 6 heteroatoms. The molecule has 0 amide bonds. The monoisotopic (exact) mass is 730 g/mol. The Balaban J connectivity index is 1.02. The van der Waals surface area contributed by atoms with Gasteiger partial charge in [-0.1, -0.05) is 115 Å². The zero-order valence-corrected chi connectivity index (χ0v) is 30.4. The van der Waals surface area contributed by atoms with Crippen molar-refractivity contribution in [3.63, 3.8) is 0 Å². The van der Waals surface area contributed by atoms with E-state index >= 15 is 0 Å². The van der Waals surface area contributed by atoms with Crippen LogP contribution in [0.3, 0.4) is 0 Å². The normalized spacial score (nSPS) is 11.9. The van der Waals surface area contributed by atoms with Crippen LogP contribution >= 0.6 is 0 Å². The molecule has 266 valence electrons. The molecule has 0 atom stereocenters. The highest BCUT2D eigenvalue weighted by Crippen LogP contribution is 2.40. The Morgan fingerprint density at radius 2 is 0.912 bits per heavy atom. The number of nitrogens with zero attached hydrogens (tertiary/aromatic N) is 4. The fraction of sp³-hybridized carbons (Fsp3) is 0. The minimum Gasteiger partial charge on any atom is -0.456 e. The third-order valence-corrected chi connectivity index (χ3v) is 11.1. The van der Waals surface area contributed by atoms with Crippen LogP contribution in [-0.2, 0) is 0 Å². The second kappa shape index (κ2) is 12.3. The molecular weight excluding hydrogens is 701 g/mol. The minimum absolute atomic E-state index is 0.582. The summed E-state index contributed by atoms with van der Waals surface area (Å²) in [6.45, 7) is 0. The molecule has 0 aliphatic rings. The van der Waals surface area contributed by atoms with Crippen molar-refractivity contribution in [2.45, 2.75) is 0 Å². The van der Waals surface area contributed by atoms with E-state index in [0.717, 1.165) is 93.6 Å². The van der Waals surface area contributed by atoms with Gasteiger partial charge in [-0.25, -0.2) is 15.0 Å². The summed E-state index contributed by atoms with van der Waals surface area (Å²) in [5.41, 5.74) is 11.6. The van der Waals surface area contributed by atoms with Crippen molar-refractivity contribution in [1.29, 1.82) is 0 Å². The van der Waals surface area contributed by atoms with Gasteiger partial charge >= 0.3 is 0 Å². The molecule has 0 N–H and O–H groups in total. The van der Waals surface area contributed by atoms with E-state index in [2.05, 4.69) is 126 Å². The molecule has 0 aliphatic heterocycles. The first-order valence-electron chi connectivity index (χ1n) is 19.0. The Morgan fingerprint density at radius 3 is 1.74 bits per heavy atom. The van der Waals surface area contributed by atoms with E-state index in [1.165, 1.54) is 5.56 Å². The fourth-order valence-corrected chi connectivity index (χ4v) is 8.42. The van der Waals surface area contributed by atoms with Crippen molar-refractivity contribution in [2.24, 2.45) is 0 Å². The van der Waals surface area contributed by atoms with Gasteiger partial charge in [0.2, 0.25) is 0 Å². The second-order valence-corrected chi connectivity index (χ2v) is 14.4. The van der Waals surface area contributed by atoms with Gasteiger partial charge in [0.05, 0.1) is 11.0 Å². The molecular formula is C51H30N4O2. The van der Waals surface area contributed by atoms with Crippen molar-refractivity contribution in [1.82, 2.24) is 19.5 Å². The molecule has 4 aromatic heterocycles. The number of benzene rings is 8. The third-order valence-electron chi connectivity index (χ3n) is 11.1. The largest absolute Gasteiger partial charge is 0.456 e. The van der Waals surface area contributed by atoms with Gasteiger partial charge in [0.25, 0.3) is 0 Å². The molecule has 4 heterocycles. The standard InChI is InChI=1S/C51H30N4O2/c1-3-12-31(13-4-1)36-18-11-21-45-48(36)40-26-24-35(30-47(40)57-45)55-42-19-9-7-16-37(42)41-28-33(23-27-43(41)55)50-52-49(32-14-5-2-6-15-32)53-51(54-50)34-22-25-39-38-17-8-10-20-44(38)56-46(39)29-34/h1-30H. The van der Waals surface area contributed by atoms with Crippen molar-refractivity contribution in [2.75, 3.05) is 0 Å². The van der Waals surface area contributed by atoms with Crippen LogP contribution in [-0.4, -0.2) is 19.5 Å². The highest BCUT2D eigenvalue weighted by Gasteiger charge is 2.19. The molecule has 0 fully saturated rings. The number of hydrogen-bond donors (Lipinski definition) is 0. The zero-order valence-electron chi connectivity index (χ0n) is 30.4. The van der Waals surface area contributed by atoms with E-state index in [0.29, 0.717) is 17.5 Å². The third kappa shape index (κ3) is 5.01. The summed E-state index contributed by atoms with van der Waals surface area (Å²) in [7, 11) is 0. The molecule has 0 unspecified atom stereocenters. The average molecular weight is 731 g/mol. The minimum atomic E-state index is 0.582. The molecule has 8 aromatic carbocycles. The van der Waals surface area contributed by atoms with Crippen LogP contribution in [0.25, 0.3) is 117 Å². The Bertz CT molecular complexity index is 3530. The second-order valence-electron chi connectivity index (χ2n) is 14.4. The van der Waals surface area contributed by atoms with Crippen LogP contribution in [0.5, 0.6) is 0 Å². The molecule has 12 aromatic rings. The van der Waals surface area contributed by atoms with Gasteiger partial charge < -0.3 is 13.4 Å². The van der Waals surface area contributed by atoms with Crippen LogP contribution in [0.15, 0.2) is 191 Å². The Hall–Kier alpha value is -7.83. The molecule has 0 spiro atoms. The number of para-hydroxylation sites is 2. The molecule has 0 radical (unpaired) electrons. The summed E-state index contributed by atoms with van der Waals surface area (Å²) in [6, 6.07) is 62.7. The summed E-state index contributed by atoms with van der Waals surface area (Å²) >= 11 is 0. The number of hydrogen-bond acceptors (Lipinski definition) is 5. The first-order chi connectivity index (χ1) is 28.2. The number of fused-ring (bicyclic) bond motifs is 9. The highest BCUT2D eigenvalue weighted by molar-refractivity contribution is 6.14. The smallest absolute Gasteiger partial charge is 0.164 e. The van der Waals surface area contributed by atoms with Crippen molar-refractivity contribution in [3.05, 3.63) is 182 Å². The number of furan rings is 2. The predicted octanol–water partition coefficient (Wildman–Crippen LogP) is 13.4. The molecule has 0 saturated carbocycles.